The number of epoxide rings is 1. The molecule has 0 aromatic carbocycles. The van der Waals surface area contributed by atoms with E-state index in [-0.39, 0.29) is 70.6 Å². The van der Waals surface area contributed by atoms with Gasteiger partial charge in [-0.2, -0.15) is 0 Å². The Morgan fingerprint density at radius 2 is 1.94 bits per heavy atom. The van der Waals surface area contributed by atoms with E-state index in [0.717, 1.165) is 12.8 Å². The highest BCUT2D eigenvalue weighted by atomic mass is 35.5. The number of allylic oxidation sites excluding steroid dienone is 2. The summed E-state index contributed by atoms with van der Waals surface area (Å²) in [4.78, 5) is 38.2. The maximum Gasteiger partial charge on any atom is 0.306 e. The molecule has 5 rings (SSSR count). The van der Waals surface area contributed by atoms with Gasteiger partial charge in [-0.3, -0.25) is 14.4 Å². The van der Waals surface area contributed by atoms with Crippen molar-refractivity contribution in [1.82, 2.24) is 0 Å². The van der Waals surface area contributed by atoms with E-state index in [0.29, 0.717) is 6.42 Å². The van der Waals surface area contributed by atoms with E-state index >= 15 is 0 Å². The molecule has 0 bridgehead atoms. The fourth-order valence-corrected chi connectivity index (χ4v) is 8.77. The van der Waals surface area contributed by atoms with Gasteiger partial charge in [0.2, 0.25) is 0 Å². The van der Waals surface area contributed by atoms with Crippen molar-refractivity contribution >= 4 is 29.1 Å². The highest BCUT2D eigenvalue weighted by molar-refractivity contribution is 6.29. The quantitative estimate of drug-likeness (QED) is 0.353. The number of halogens is 1. The van der Waals surface area contributed by atoms with E-state index in [9.17, 15) is 14.4 Å². The van der Waals surface area contributed by atoms with Crippen LogP contribution in [0.5, 0.6) is 0 Å². The molecule has 4 aliphatic carbocycles. The second-order valence-electron chi connectivity index (χ2n) is 11.2. The number of Topliss-reactive ketones (excluding diaryl/α,β-unsaturated/α-hetero) is 1. The standard InChI is InChI=1S/C26H33ClO5/c1-6-22(30)32-25(20(29)13-27)15(3)10-18-19-9-14(2)17-11-16(28)7-8-23(17,4)26(19)21(31-26)12-24(18,25)5/h7-8,11,14-15,18-19,21H,6,9-10,12-13H2,1-5H3/t14?,15?,18-,19-,21?,23-,24-,25-,26-/m0/s1. The third kappa shape index (κ3) is 2.37. The monoisotopic (exact) mass is 460 g/mol. The summed E-state index contributed by atoms with van der Waals surface area (Å²) in [6.45, 7) is 10.3. The second-order valence-corrected chi connectivity index (χ2v) is 11.4. The van der Waals surface area contributed by atoms with E-state index in [2.05, 4.69) is 26.8 Å². The average Bonchev–Trinajstić information content (AvgIpc) is 3.43. The molecule has 5 nitrogen and oxygen atoms in total. The normalized spacial score (nSPS) is 50.5. The topological polar surface area (TPSA) is 73.0 Å². The lowest BCUT2D eigenvalue weighted by Gasteiger charge is -2.57. The van der Waals surface area contributed by atoms with Crippen molar-refractivity contribution in [2.24, 2.45) is 34.5 Å². The number of carbonyl (C=O) groups excluding carboxylic acids is 3. The molecule has 6 heteroatoms. The van der Waals surface area contributed by atoms with Crippen LogP contribution in [0, 0.1) is 34.5 Å². The van der Waals surface area contributed by atoms with Gasteiger partial charge in [-0.25, -0.2) is 0 Å². The average molecular weight is 461 g/mol. The Hall–Kier alpha value is -1.46. The molecule has 1 aliphatic heterocycles. The van der Waals surface area contributed by atoms with E-state index in [4.69, 9.17) is 21.1 Å². The molecule has 1 spiro atoms. The van der Waals surface area contributed by atoms with Gasteiger partial charge in [-0.1, -0.05) is 39.3 Å². The molecule has 0 aromatic rings. The van der Waals surface area contributed by atoms with E-state index in [1.807, 2.05) is 13.0 Å². The van der Waals surface area contributed by atoms with Crippen LogP contribution in [0.4, 0.5) is 0 Å². The van der Waals surface area contributed by atoms with Gasteiger partial charge < -0.3 is 9.47 Å². The van der Waals surface area contributed by atoms with Gasteiger partial charge in [0, 0.05) is 23.2 Å². The lowest BCUT2D eigenvalue weighted by Crippen LogP contribution is -2.64. The van der Waals surface area contributed by atoms with Gasteiger partial charge in [0.15, 0.2) is 17.2 Å². The molecule has 0 radical (unpaired) electrons. The molecule has 0 N–H and O–H groups in total. The molecule has 9 atom stereocenters. The first-order chi connectivity index (χ1) is 15.0. The summed E-state index contributed by atoms with van der Waals surface area (Å²) < 4.78 is 12.7. The SMILES string of the molecule is CCC(=O)O[C@]1(C(=O)CCl)C(C)C[C@H]2[C@@H]3CC(C)C4=CC(=O)C=C[C@]4(C)[C@]34OC4C[C@@]21C. The van der Waals surface area contributed by atoms with E-state index in [1.165, 1.54) is 5.57 Å². The van der Waals surface area contributed by atoms with Crippen LogP contribution >= 0.6 is 11.6 Å². The molecule has 0 aromatic heterocycles. The molecule has 4 fully saturated rings. The number of rotatable bonds is 4. The Labute approximate surface area is 194 Å². The molecule has 32 heavy (non-hydrogen) atoms. The van der Waals surface area contributed by atoms with Gasteiger partial charge in [-0.05, 0) is 56.1 Å². The summed E-state index contributed by atoms with van der Waals surface area (Å²) >= 11 is 6.12. The molecule has 1 heterocycles. The summed E-state index contributed by atoms with van der Waals surface area (Å²) in [5.41, 5.74) is -1.28. The predicted octanol–water partition coefficient (Wildman–Crippen LogP) is 4.42. The largest absolute Gasteiger partial charge is 0.450 e. The number of carbonyl (C=O) groups is 3. The number of ether oxygens (including phenoxy) is 2. The van der Waals surface area contributed by atoms with Gasteiger partial charge in [-0.15, -0.1) is 11.6 Å². The summed E-state index contributed by atoms with van der Waals surface area (Å²) in [5.74, 6) is -0.157. The molecular weight excluding hydrogens is 428 g/mol. The minimum Gasteiger partial charge on any atom is -0.450 e. The Bertz CT molecular complexity index is 969. The van der Waals surface area contributed by atoms with Crippen LogP contribution in [0.2, 0.25) is 0 Å². The maximum atomic E-state index is 13.4. The first-order valence-corrected chi connectivity index (χ1v) is 12.5. The molecular formula is C26H33ClO5. The van der Waals surface area contributed by atoms with Crippen LogP contribution < -0.4 is 0 Å². The van der Waals surface area contributed by atoms with Gasteiger partial charge in [0.1, 0.15) is 5.60 Å². The molecule has 0 amide bonds. The summed E-state index contributed by atoms with van der Waals surface area (Å²) in [6, 6.07) is 0. The van der Waals surface area contributed by atoms with Crippen LogP contribution in [0.3, 0.4) is 0 Å². The Morgan fingerprint density at radius 3 is 2.59 bits per heavy atom. The Morgan fingerprint density at radius 1 is 1.22 bits per heavy atom. The minimum absolute atomic E-state index is 0.0411. The van der Waals surface area contributed by atoms with Crippen molar-refractivity contribution in [3.8, 4) is 0 Å². The molecule has 174 valence electrons. The Kier molecular flexibility index (Phi) is 4.74. The lowest BCUT2D eigenvalue weighted by atomic mass is 9.45. The number of alkyl halides is 1. The van der Waals surface area contributed by atoms with Crippen molar-refractivity contribution in [1.29, 1.82) is 0 Å². The zero-order chi connectivity index (χ0) is 23.3. The van der Waals surface area contributed by atoms with Crippen molar-refractivity contribution in [3.05, 3.63) is 23.8 Å². The first-order valence-electron chi connectivity index (χ1n) is 12.0. The zero-order valence-corrected chi connectivity index (χ0v) is 20.3. The summed E-state index contributed by atoms with van der Waals surface area (Å²) in [7, 11) is 0. The third-order valence-corrected chi connectivity index (χ3v) is 10.1. The smallest absolute Gasteiger partial charge is 0.306 e. The fourth-order valence-electron chi connectivity index (χ4n) is 8.58. The fraction of sp³-hybridized carbons (Fsp3) is 0.731. The van der Waals surface area contributed by atoms with Crippen LogP contribution in [0.15, 0.2) is 23.8 Å². The molecule has 3 saturated carbocycles. The highest BCUT2D eigenvalue weighted by Crippen LogP contribution is 2.77. The highest BCUT2D eigenvalue weighted by Gasteiger charge is 2.83. The maximum absolute atomic E-state index is 13.4. The van der Waals surface area contributed by atoms with Crippen LogP contribution in [0.25, 0.3) is 0 Å². The van der Waals surface area contributed by atoms with Gasteiger partial charge in [0.25, 0.3) is 0 Å². The van der Waals surface area contributed by atoms with Gasteiger partial charge >= 0.3 is 5.97 Å². The van der Waals surface area contributed by atoms with Crippen LogP contribution in [0.1, 0.15) is 60.3 Å². The van der Waals surface area contributed by atoms with Crippen LogP contribution in [-0.2, 0) is 23.9 Å². The lowest BCUT2D eigenvalue weighted by molar-refractivity contribution is -0.191. The second kappa shape index (κ2) is 6.79. The number of ketones is 2. The summed E-state index contributed by atoms with van der Waals surface area (Å²) in [6.07, 6.45) is 8.08. The summed E-state index contributed by atoms with van der Waals surface area (Å²) in [5, 5.41) is 0. The zero-order valence-electron chi connectivity index (χ0n) is 19.6. The number of hydrogen-bond acceptors (Lipinski definition) is 5. The van der Waals surface area contributed by atoms with Gasteiger partial charge in [0.05, 0.1) is 12.0 Å². The molecule has 5 aliphatic rings. The van der Waals surface area contributed by atoms with Crippen molar-refractivity contribution < 1.29 is 23.9 Å². The number of hydrogen-bond donors (Lipinski definition) is 0. The van der Waals surface area contributed by atoms with Crippen molar-refractivity contribution in [2.45, 2.75) is 77.6 Å². The van der Waals surface area contributed by atoms with Crippen LogP contribution in [-0.4, -0.2) is 40.7 Å². The molecule has 3 unspecified atom stereocenters. The Balaban J connectivity index is 1.62. The van der Waals surface area contributed by atoms with E-state index in [1.54, 1.807) is 13.0 Å². The van der Waals surface area contributed by atoms with E-state index < -0.39 is 11.0 Å². The number of esters is 1. The predicted molar refractivity (Wildman–Crippen MR) is 120 cm³/mol. The number of fused-ring (bicyclic) bond motifs is 3. The first kappa shape index (κ1) is 22.3. The minimum atomic E-state index is -1.22. The van der Waals surface area contributed by atoms with Crippen molar-refractivity contribution in [3.63, 3.8) is 0 Å². The van der Waals surface area contributed by atoms with Crippen molar-refractivity contribution in [2.75, 3.05) is 5.88 Å². The third-order valence-electron chi connectivity index (χ3n) is 9.90. The molecule has 1 saturated heterocycles.